The van der Waals surface area contributed by atoms with Crippen LogP contribution >= 0.6 is 11.3 Å². The van der Waals surface area contributed by atoms with Gasteiger partial charge in [-0.2, -0.15) is 13.2 Å². The van der Waals surface area contributed by atoms with Gasteiger partial charge in [-0.15, -0.1) is 11.3 Å². The normalized spacial score (nSPS) is 11.3. The second kappa shape index (κ2) is 5.45. The molecule has 0 unspecified atom stereocenters. The maximum absolute atomic E-state index is 12.5. The average molecular weight is 303 g/mol. The van der Waals surface area contributed by atoms with Gasteiger partial charge in [-0.25, -0.2) is 4.98 Å². The molecule has 0 saturated carbocycles. The van der Waals surface area contributed by atoms with Crippen molar-refractivity contribution >= 4 is 22.7 Å². The van der Waals surface area contributed by atoms with Crippen molar-refractivity contribution in [3.05, 3.63) is 50.5 Å². The van der Waals surface area contributed by atoms with E-state index in [0.717, 1.165) is 12.1 Å². The van der Waals surface area contributed by atoms with Crippen LogP contribution in [0, 0.1) is 10.1 Å². The second-order valence-corrected chi connectivity index (χ2v) is 4.75. The number of thiazole rings is 1. The van der Waals surface area contributed by atoms with E-state index in [4.69, 9.17) is 0 Å². The minimum absolute atomic E-state index is 0.0261. The fourth-order valence-corrected chi connectivity index (χ4v) is 2.08. The highest BCUT2D eigenvalue weighted by atomic mass is 32.1. The highest BCUT2D eigenvalue weighted by Crippen LogP contribution is 2.35. The van der Waals surface area contributed by atoms with Crippen LogP contribution in [0.2, 0.25) is 0 Å². The standard InChI is InChI=1S/C11H8F3N3O2S/c12-11(13,14)7-1-2-8(9(5-7)17(18)19)16-6-10-15-3-4-20-10/h1-5,16H,6H2. The third kappa shape index (κ3) is 3.23. The van der Waals surface area contributed by atoms with Crippen LogP contribution in [0.1, 0.15) is 10.6 Å². The lowest BCUT2D eigenvalue weighted by Crippen LogP contribution is -2.08. The minimum Gasteiger partial charge on any atom is -0.373 e. The number of anilines is 1. The van der Waals surface area contributed by atoms with E-state index in [1.165, 1.54) is 11.3 Å². The molecule has 20 heavy (non-hydrogen) atoms. The number of nitro groups is 1. The Kier molecular flexibility index (Phi) is 3.89. The first-order valence-corrected chi connectivity index (χ1v) is 6.24. The molecule has 0 atom stereocenters. The molecule has 0 aliphatic rings. The lowest BCUT2D eigenvalue weighted by Gasteiger charge is -2.09. The van der Waals surface area contributed by atoms with Gasteiger partial charge in [-0.3, -0.25) is 10.1 Å². The Morgan fingerprint density at radius 2 is 2.15 bits per heavy atom. The van der Waals surface area contributed by atoms with Crippen LogP contribution in [-0.2, 0) is 12.7 Å². The summed E-state index contributed by atoms with van der Waals surface area (Å²) >= 11 is 1.34. The van der Waals surface area contributed by atoms with Crippen molar-refractivity contribution in [2.45, 2.75) is 12.7 Å². The number of rotatable bonds is 4. The molecule has 1 N–H and O–H groups in total. The van der Waals surface area contributed by atoms with E-state index in [0.29, 0.717) is 11.1 Å². The molecule has 1 aromatic heterocycles. The first kappa shape index (κ1) is 14.3. The molecule has 106 valence electrons. The van der Waals surface area contributed by atoms with Crippen LogP contribution in [-0.4, -0.2) is 9.91 Å². The zero-order valence-corrected chi connectivity index (χ0v) is 10.7. The van der Waals surface area contributed by atoms with Gasteiger partial charge in [0.05, 0.1) is 17.0 Å². The van der Waals surface area contributed by atoms with E-state index in [2.05, 4.69) is 10.3 Å². The molecule has 2 aromatic rings. The molecule has 0 bridgehead atoms. The van der Waals surface area contributed by atoms with Crippen molar-refractivity contribution in [2.24, 2.45) is 0 Å². The second-order valence-electron chi connectivity index (χ2n) is 3.77. The van der Waals surface area contributed by atoms with Gasteiger partial charge in [-0.1, -0.05) is 0 Å². The van der Waals surface area contributed by atoms with Crippen LogP contribution < -0.4 is 5.32 Å². The topological polar surface area (TPSA) is 68.1 Å². The van der Waals surface area contributed by atoms with E-state index in [-0.39, 0.29) is 12.2 Å². The third-order valence-corrected chi connectivity index (χ3v) is 3.21. The summed E-state index contributed by atoms with van der Waals surface area (Å²) in [5, 5.41) is 16.0. The highest BCUT2D eigenvalue weighted by Gasteiger charge is 2.32. The monoisotopic (exact) mass is 303 g/mol. The third-order valence-electron chi connectivity index (χ3n) is 2.44. The van der Waals surface area contributed by atoms with E-state index < -0.39 is 22.4 Å². The molecule has 9 heteroatoms. The van der Waals surface area contributed by atoms with E-state index >= 15 is 0 Å². The van der Waals surface area contributed by atoms with E-state index in [9.17, 15) is 23.3 Å². The maximum Gasteiger partial charge on any atom is 0.416 e. The predicted octanol–water partition coefficient (Wildman–Crippen LogP) is 3.68. The Morgan fingerprint density at radius 3 is 2.70 bits per heavy atom. The Morgan fingerprint density at radius 1 is 1.40 bits per heavy atom. The largest absolute Gasteiger partial charge is 0.416 e. The van der Waals surface area contributed by atoms with Crippen LogP contribution in [0.5, 0.6) is 0 Å². The van der Waals surface area contributed by atoms with Gasteiger partial charge in [0.2, 0.25) is 0 Å². The van der Waals surface area contributed by atoms with Crippen molar-refractivity contribution in [3.8, 4) is 0 Å². The summed E-state index contributed by atoms with van der Waals surface area (Å²) in [6, 6.07) is 2.37. The minimum atomic E-state index is -4.61. The molecular formula is C11H8F3N3O2S. The number of hydrogen-bond acceptors (Lipinski definition) is 5. The first-order chi connectivity index (χ1) is 9.38. The van der Waals surface area contributed by atoms with Crippen LogP contribution in [0.3, 0.4) is 0 Å². The van der Waals surface area contributed by atoms with Crippen LogP contribution in [0.15, 0.2) is 29.8 Å². The van der Waals surface area contributed by atoms with E-state index in [1.54, 1.807) is 11.6 Å². The lowest BCUT2D eigenvalue weighted by atomic mass is 10.1. The average Bonchev–Trinajstić information content (AvgIpc) is 2.88. The van der Waals surface area contributed by atoms with Crippen molar-refractivity contribution < 1.29 is 18.1 Å². The summed E-state index contributed by atoms with van der Waals surface area (Å²) in [5.41, 5.74) is -1.64. The molecule has 0 fully saturated rings. The molecular weight excluding hydrogens is 295 g/mol. The molecule has 5 nitrogen and oxygen atoms in total. The predicted molar refractivity (Wildman–Crippen MR) is 67.5 cm³/mol. The Bertz CT molecular complexity index is 614. The number of nitro benzene ring substituents is 1. The summed E-state index contributed by atoms with van der Waals surface area (Å²) in [6.07, 6.45) is -3.04. The van der Waals surface area contributed by atoms with Crippen molar-refractivity contribution in [2.75, 3.05) is 5.32 Å². The fraction of sp³-hybridized carbons (Fsp3) is 0.182. The molecule has 2 rings (SSSR count). The van der Waals surface area contributed by atoms with Crippen molar-refractivity contribution in [1.82, 2.24) is 4.98 Å². The Hall–Kier alpha value is -2.16. The molecule has 0 aliphatic carbocycles. The summed E-state index contributed by atoms with van der Waals surface area (Å²) in [5.74, 6) is 0. The fourth-order valence-electron chi connectivity index (χ4n) is 1.52. The van der Waals surface area contributed by atoms with Gasteiger partial charge in [-0.05, 0) is 12.1 Å². The Balaban J connectivity index is 2.26. The van der Waals surface area contributed by atoms with Gasteiger partial charge in [0, 0.05) is 17.6 Å². The zero-order chi connectivity index (χ0) is 14.8. The molecule has 0 aliphatic heterocycles. The summed E-state index contributed by atoms with van der Waals surface area (Å²) in [4.78, 5) is 14.0. The molecule has 0 radical (unpaired) electrons. The summed E-state index contributed by atoms with van der Waals surface area (Å²) in [7, 11) is 0. The molecule has 0 spiro atoms. The first-order valence-electron chi connectivity index (χ1n) is 5.36. The summed E-state index contributed by atoms with van der Waals surface area (Å²) in [6.45, 7) is 0.212. The highest BCUT2D eigenvalue weighted by molar-refractivity contribution is 7.09. The van der Waals surface area contributed by atoms with Gasteiger partial charge >= 0.3 is 6.18 Å². The number of alkyl halides is 3. The number of halogens is 3. The van der Waals surface area contributed by atoms with Gasteiger partial charge in [0.25, 0.3) is 5.69 Å². The molecule has 0 amide bonds. The lowest BCUT2D eigenvalue weighted by molar-refractivity contribution is -0.384. The van der Waals surface area contributed by atoms with Crippen molar-refractivity contribution in [1.29, 1.82) is 0 Å². The number of hydrogen-bond donors (Lipinski definition) is 1. The van der Waals surface area contributed by atoms with Crippen molar-refractivity contribution in [3.63, 3.8) is 0 Å². The zero-order valence-electron chi connectivity index (χ0n) is 9.85. The molecule has 0 saturated heterocycles. The number of nitrogens with one attached hydrogen (secondary N) is 1. The Labute approximate surface area is 115 Å². The SMILES string of the molecule is O=[N+]([O-])c1cc(C(F)(F)F)ccc1NCc1nccs1. The number of benzene rings is 1. The number of aromatic nitrogens is 1. The smallest absolute Gasteiger partial charge is 0.373 e. The van der Waals surface area contributed by atoms with Gasteiger partial charge in [0.15, 0.2) is 0 Å². The van der Waals surface area contributed by atoms with Crippen LogP contribution in [0.4, 0.5) is 24.5 Å². The van der Waals surface area contributed by atoms with Crippen LogP contribution in [0.25, 0.3) is 0 Å². The summed E-state index contributed by atoms with van der Waals surface area (Å²) < 4.78 is 37.6. The van der Waals surface area contributed by atoms with E-state index in [1.807, 2.05) is 0 Å². The van der Waals surface area contributed by atoms with Gasteiger partial charge < -0.3 is 5.32 Å². The molecule has 1 aromatic carbocycles. The number of nitrogens with zero attached hydrogens (tertiary/aromatic N) is 2. The quantitative estimate of drug-likeness (QED) is 0.691. The molecule has 1 heterocycles. The maximum atomic E-state index is 12.5. The van der Waals surface area contributed by atoms with Gasteiger partial charge in [0.1, 0.15) is 10.7 Å².